The fraction of sp³-hybridized carbons (Fsp3) is 0.778. The van der Waals surface area contributed by atoms with Gasteiger partial charge in [0.25, 0.3) is 0 Å². The molecule has 0 saturated carbocycles. The minimum atomic E-state index is -0.308. The minimum Gasteiger partial charge on any atom is -0.347 e. The molecule has 1 atom stereocenters. The molecule has 12 heavy (non-hydrogen) atoms. The first kappa shape index (κ1) is 11.1. The Kier molecular flexibility index (Phi) is 5.34. The van der Waals surface area contributed by atoms with Gasteiger partial charge < -0.3 is 10.1 Å². The highest BCUT2D eigenvalue weighted by atomic mass is 16.2. The zero-order valence-electron chi connectivity index (χ0n) is 7.96. The summed E-state index contributed by atoms with van der Waals surface area (Å²) >= 11 is 0. The number of amides is 1. The lowest BCUT2D eigenvalue weighted by atomic mass is 10.0. The molecule has 0 aliphatic rings. The molecule has 0 aromatic rings. The van der Waals surface area contributed by atoms with Gasteiger partial charge in [0.2, 0.25) is 5.91 Å². The molecule has 1 amide bonds. The molecule has 0 aliphatic heterocycles. The first-order valence-electron chi connectivity index (χ1n) is 4.34. The second-order valence-electron chi connectivity index (χ2n) is 3.29. The summed E-state index contributed by atoms with van der Waals surface area (Å²) in [7, 11) is 0. The summed E-state index contributed by atoms with van der Waals surface area (Å²) in [5, 5.41) is 2.64. The normalized spacial score (nSPS) is 12.7. The van der Waals surface area contributed by atoms with Crippen molar-refractivity contribution in [2.24, 2.45) is 5.92 Å². The summed E-state index contributed by atoms with van der Waals surface area (Å²) in [5.74, 6) is 0.366. The standard InChI is InChI=1S/C9H17NO2/c1-4-9(12)10-8(6-11)5-7(2)3/h6-8H,4-5H2,1-3H3,(H,10,12). The van der Waals surface area contributed by atoms with Crippen LogP contribution in [0.4, 0.5) is 0 Å². The van der Waals surface area contributed by atoms with Gasteiger partial charge in [0.1, 0.15) is 6.29 Å². The fourth-order valence-electron chi connectivity index (χ4n) is 0.965. The number of aldehydes is 1. The quantitative estimate of drug-likeness (QED) is 0.630. The Labute approximate surface area is 73.5 Å². The fourth-order valence-corrected chi connectivity index (χ4v) is 0.965. The maximum Gasteiger partial charge on any atom is 0.220 e. The summed E-state index contributed by atoms with van der Waals surface area (Å²) in [6.07, 6.45) is 1.95. The predicted octanol–water partition coefficient (Wildman–Crippen LogP) is 1.13. The van der Waals surface area contributed by atoms with E-state index in [1.165, 1.54) is 0 Å². The van der Waals surface area contributed by atoms with Crippen LogP contribution in [0.3, 0.4) is 0 Å². The SMILES string of the molecule is CCC(=O)NC(C=O)CC(C)C. The van der Waals surface area contributed by atoms with Gasteiger partial charge in [0.15, 0.2) is 0 Å². The van der Waals surface area contributed by atoms with Crippen molar-refractivity contribution in [2.45, 2.75) is 39.7 Å². The van der Waals surface area contributed by atoms with Crippen LogP contribution in [-0.4, -0.2) is 18.2 Å². The summed E-state index contributed by atoms with van der Waals surface area (Å²) in [4.78, 5) is 21.4. The Morgan fingerprint density at radius 3 is 2.42 bits per heavy atom. The molecule has 0 aromatic carbocycles. The van der Waals surface area contributed by atoms with Crippen molar-refractivity contribution in [3.8, 4) is 0 Å². The second kappa shape index (κ2) is 5.75. The number of hydrogen-bond donors (Lipinski definition) is 1. The van der Waals surface area contributed by atoms with Gasteiger partial charge in [0, 0.05) is 6.42 Å². The molecule has 0 bridgehead atoms. The van der Waals surface area contributed by atoms with Gasteiger partial charge in [-0.05, 0) is 12.3 Å². The Bertz CT molecular complexity index is 155. The van der Waals surface area contributed by atoms with Crippen LogP contribution in [-0.2, 0) is 9.59 Å². The zero-order chi connectivity index (χ0) is 9.56. The van der Waals surface area contributed by atoms with E-state index in [0.717, 1.165) is 12.7 Å². The first-order chi connectivity index (χ1) is 5.60. The highest BCUT2D eigenvalue weighted by molar-refractivity contribution is 5.79. The van der Waals surface area contributed by atoms with Crippen LogP contribution in [0.2, 0.25) is 0 Å². The van der Waals surface area contributed by atoms with Crippen LogP contribution < -0.4 is 5.32 Å². The van der Waals surface area contributed by atoms with E-state index in [9.17, 15) is 9.59 Å². The molecule has 0 heterocycles. The molecule has 0 aromatic heterocycles. The highest BCUT2D eigenvalue weighted by Gasteiger charge is 2.10. The molecule has 0 saturated heterocycles. The number of nitrogens with one attached hydrogen (secondary N) is 1. The number of rotatable bonds is 5. The lowest BCUT2D eigenvalue weighted by Crippen LogP contribution is -2.36. The van der Waals surface area contributed by atoms with Crippen LogP contribution >= 0.6 is 0 Å². The van der Waals surface area contributed by atoms with E-state index in [1.807, 2.05) is 13.8 Å². The Morgan fingerprint density at radius 2 is 2.08 bits per heavy atom. The maximum atomic E-state index is 10.9. The van der Waals surface area contributed by atoms with Gasteiger partial charge >= 0.3 is 0 Å². The lowest BCUT2D eigenvalue weighted by molar-refractivity contribution is -0.123. The summed E-state index contributed by atoms with van der Waals surface area (Å²) in [5.41, 5.74) is 0. The van der Waals surface area contributed by atoms with Crippen molar-refractivity contribution in [1.29, 1.82) is 0 Å². The number of carbonyl (C=O) groups excluding carboxylic acids is 2. The predicted molar refractivity (Wildman–Crippen MR) is 47.7 cm³/mol. The average Bonchev–Trinajstić information content (AvgIpc) is 2.02. The molecule has 3 nitrogen and oxygen atoms in total. The topological polar surface area (TPSA) is 46.2 Å². The van der Waals surface area contributed by atoms with E-state index in [0.29, 0.717) is 12.3 Å². The van der Waals surface area contributed by atoms with Crippen LogP contribution in [0.5, 0.6) is 0 Å². The molecule has 3 heteroatoms. The third-order valence-corrected chi connectivity index (χ3v) is 1.56. The van der Waals surface area contributed by atoms with Crippen LogP contribution in [0, 0.1) is 5.92 Å². The van der Waals surface area contributed by atoms with Crippen molar-refractivity contribution >= 4 is 12.2 Å². The Hall–Kier alpha value is -0.860. The van der Waals surface area contributed by atoms with Crippen molar-refractivity contribution in [2.75, 3.05) is 0 Å². The highest BCUT2D eigenvalue weighted by Crippen LogP contribution is 2.02. The van der Waals surface area contributed by atoms with E-state index < -0.39 is 0 Å². The molecular formula is C9H17NO2. The van der Waals surface area contributed by atoms with Gasteiger partial charge in [-0.15, -0.1) is 0 Å². The summed E-state index contributed by atoms with van der Waals surface area (Å²) in [6.45, 7) is 5.82. The molecule has 70 valence electrons. The molecule has 1 N–H and O–H groups in total. The van der Waals surface area contributed by atoms with E-state index in [4.69, 9.17) is 0 Å². The van der Waals surface area contributed by atoms with Crippen molar-refractivity contribution in [3.63, 3.8) is 0 Å². The number of hydrogen-bond acceptors (Lipinski definition) is 2. The number of carbonyl (C=O) groups is 2. The van der Waals surface area contributed by atoms with Crippen molar-refractivity contribution in [3.05, 3.63) is 0 Å². The van der Waals surface area contributed by atoms with E-state index in [2.05, 4.69) is 5.32 Å². The third kappa shape index (κ3) is 4.88. The van der Waals surface area contributed by atoms with Crippen LogP contribution in [0.1, 0.15) is 33.6 Å². The summed E-state index contributed by atoms with van der Waals surface area (Å²) < 4.78 is 0. The largest absolute Gasteiger partial charge is 0.347 e. The van der Waals surface area contributed by atoms with Crippen LogP contribution in [0.25, 0.3) is 0 Å². The smallest absolute Gasteiger partial charge is 0.220 e. The molecule has 0 rings (SSSR count). The molecule has 0 spiro atoms. The molecule has 0 aliphatic carbocycles. The van der Waals surface area contributed by atoms with Crippen molar-refractivity contribution < 1.29 is 9.59 Å². The average molecular weight is 171 g/mol. The zero-order valence-corrected chi connectivity index (χ0v) is 7.96. The first-order valence-corrected chi connectivity index (χ1v) is 4.34. The van der Waals surface area contributed by atoms with E-state index in [-0.39, 0.29) is 11.9 Å². The van der Waals surface area contributed by atoms with Gasteiger partial charge in [-0.25, -0.2) is 0 Å². The van der Waals surface area contributed by atoms with Gasteiger partial charge in [-0.2, -0.15) is 0 Å². The summed E-state index contributed by atoms with van der Waals surface area (Å²) in [6, 6.07) is -0.308. The maximum absolute atomic E-state index is 10.9. The second-order valence-corrected chi connectivity index (χ2v) is 3.29. The lowest BCUT2D eigenvalue weighted by Gasteiger charge is -2.13. The molecule has 0 radical (unpaired) electrons. The Balaban J connectivity index is 3.82. The van der Waals surface area contributed by atoms with E-state index in [1.54, 1.807) is 6.92 Å². The molecular weight excluding hydrogens is 154 g/mol. The minimum absolute atomic E-state index is 0.0623. The van der Waals surface area contributed by atoms with Gasteiger partial charge in [-0.1, -0.05) is 20.8 Å². The Morgan fingerprint density at radius 1 is 1.50 bits per heavy atom. The van der Waals surface area contributed by atoms with Gasteiger partial charge in [-0.3, -0.25) is 4.79 Å². The monoisotopic (exact) mass is 171 g/mol. The van der Waals surface area contributed by atoms with Crippen molar-refractivity contribution in [1.82, 2.24) is 5.32 Å². The van der Waals surface area contributed by atoms with Crippen LogP contribution in [0.15, 0.2) is 0 Å². The molecule has 0 fully saturated rings. The van der Waals surface area contributed by atoms with Gasteiger partial charge in [0.05, 0.1) is 6.04 Å². The molecule has 1 unspecified atom stereocenters. The third-order valence-electron chi connectivity index (χ3n) is 1.56. The van der Waals surface area contributed by atoms with E-state index >= 15 is 0 Å².